The van der Waals surface area contributed by atoms with Crippen LogP contribution in [-0.2, 0) is 0 Å². The Morgan fingerprint density at radius 2 is 1.84 bits per heavy atom. The van der Waals surface area contributed by atoms with E-state index in [2.05, 4.69) is 10.3 Å². The Hall–Kier alpha value is -4.38. The van der Waals surface area contributed by atoms with Crippen LogP contribution in [0.2, 0.25) is 0 Å². The predicted octanol–water partition coefficient (Wildman–Crippen LogP) is 4.40. The number of rotatable bonds is 10. The van der Waals surface area contributed by atoms with Gasteiger partial charge in [0.15, 0.2) is 0 Å². The second-order valence-electron chi connectivity index (χ2n) is 8.93. The Balaban J connectivity index is 1.72. The van der Waals surface area contributed by atoms with Gasteiger partial charge in [0.2, 0.25) is 5.95 Å². The van der Waals surface area contributed by atoms with Crippen LogP contribution in [0.4, 0.5) is 23.0 Å². The Kier molecular flexibility index (Phi) is 7.44. The Bertz CT molecular complexity index is 1430. The highest BCUT2D eigenvalue weighted by atomic mass is 16.6. The van der Waals surface area contributed by atoms with Gasteiger partial charge in [-0.05, 0) is 39.2 Å². The fourth-order valence-corrected chi connectivity index (χ4v) is 4.11. The van der Waals surface area contributed by atoms with Crippen molar-refractivity contribution in [1.29, 1.82) is 0 Å². The van der Waals surface area contributed by atoms with E-state index in [-0.39, 0.29) is 11.6 Å². The van der Waals surface area contributed by atoms with E-state index in [1.54, 1.807) is 19.4 Å². The maximum atomic E-state index is 12.0. The molecular weight excluding hydrogens is 474 g/mol. The highest BCUT2D eigenvalue weighted by Gasteiger charge is 2.23. The number of fused-ring (bicyclic) bond motifs is 1. The molecule has 2 aromatic carbocycles. The van der Waals surface area contributed by atoms with E-state index in [1.807, 2.05) is 72.9 Å². The maximum absolute atomic E-state index is 12.0. The van der Waals surface area contributed by atoms with E-state index in [1.165, 1.54) is 13.2 Å². The summed E-state index contributed by atoms with van der Waals surface area (Å²) in [5.41, 5.74) is 2.62. The van der Waals surface area contributed by atoms with Crippen molar-refractivity contribution in [1.82, 2.24) is 19.4 Å². The van der Waals surface area contributed by atoms with Crippen molar-refractivity contribution in [2.24, 2.45) is 0 Å². The largest absolute Gasteiger partial charge is 0.496 e. The molecule has 37 heavy (non-hydrogen) atoms. The number of hydrogen-bond acceptors (Lipinski definition) is 9. The molecule has 0 aliphatic carbocycles. The molecule has 0 aliphatic heterocycles. The molecule has 0 unspecified atom stereocenters. The smallest absolute Gasteiger partial charge is 0.294 e. The van der Waals surface area contributed by atoms with Crippen molar-refractivity contribution < 1.29 is 14.4 Å². The lowest BCUT2D eigenvalue weighted by Gasteiger charge is -2.22. The lowest BCUT2D eigenvalue weighted by Crippen LogP contribution is -2.29. The number of methoxy groups -OCH3 is 2. The molecule has 0 bridgehead atoms. The highest BCUT2D eigenvalue weighted by Crippen LogP contribution is 2.39. The second-order valence-corrected chi connectivity index (χ2v) is 8.93. The minimum atomic E-state index is -0.396. The zero-order valence-electron chi connectivity index (χ0n) is 21.8. The van der Waals surface area contributed by atoms with Gasteiger partial charge in [0.05, 0.1) is 30.3 Å². The van der Waals surface area contributed by atoms with Gasteiger partial charge < -0.3 is 29.2 Å². The van der Waals surface area contributed by atoms with Gasteiger partial charge in [0.1, 0.15) is 23.0 Å². The lowest BCUT2D eigenvalue weighted by molar-refractivity contribution is -0.384. The first-order chi connectivity index (χ1) is 17.7. The van der Waals surface area contributed by atoms with Crippen molar-refractivity contribution in [2.75, 3.05) is 58.7 Å². The zero-order valence-corrected chi connectivity index (χ0v) is 21.8. The average Bonchev–Trinajstić information content (AvgIpc) is 3.32. The summed E-state index contributed by atoms with van der Waals surface area (Å²) in [4.78, 5) is 24.6. The van der Waals surface area contributed by atoms with Gasteiger partial charge in [0.25, 0.3) is 5.69 Å². The van der Waals surface area contributed by atoms with Crippen LogP contribution >= 0.6 is 0 Å². The molecule has 194 valence electrons. The normalized spacial score (nSPS) is 11.1. The molecule has 0 fully saturated rings. The molecule has 2 aromatic heterocycles. The summed E-state index contributed by atoms with van der Waals surface area (Å²) in [6.07, 6.45) is 3.64. The van der Waals surface area contributed by atoms with Crippen LogP contribution < -0.4 is 19.7 Å². The summed E-state index contributed by atoms with van der Waals surface area (Å²) in [7, 11) is 8.90. The van der Waals surface area contributed by atoms with Crippen molar-refractivity contribution in [2.45, 2.75) is 6.92 Å². The van der Waals surface area contributed by atoms with E-state index in [0.29, 0.717) is 29.5 Å². The Morgan fingerprint density at radius 3 is 2.51 bits per heavy atom. The van der Waals surface area contributed by atoms with Gasteiger partial charge in [-0.2, -0.15) is 4.98 Å². The van der Waals surface area contributed by atoms with Crippen LogP contribution in [0.25, 0.3) is 16.7 Å². The first-order valence-corrected chi connectivity index (χ1v) is 11.7. The number of nitro groups is 1. The van der Waals surface area contributed by atoms with Gasteiger partial charge in [-0.15, -0.1) is 0 Å². The number of hydrogen-bond donors (Lipinski definition) is 1. The number of nitrogens with one attached hydrogen (secondary N) is 1. The summed E-state index contributed by atoms with van der Waals surface area (Å²) in [5.74, 6) is 2.18. The van der Waals surface area contributed by atoms with Crippen LogP contribution in [0.5, 0.6) is 11.5 Å². The van der Waals surface area contributed by atoms with E-state index in [0.717, 1.165) is 28.8 Å². The topological polar surface area (TPSA) is 111 Å². The molecule has 0 radical (unpaired) electrons. The van der Waals surface area contributed by atoms with E-state index in [4.69, 9.17) is 14.5 Å². The first kappa shape index (κ1) is 25.7. The number of benzene rings is 2. The maximum Gasteiger partial charge on any atom is 0.294 e. The number of likely N-dealkylation sites (N-methyl/N-ethyl adjacent to an activating group) is 2. The number of ether oxygens (including phenoxy) is 2. The van der Waals surface area contributed by atoms with E-state index < -0.39 is 4.92 Å². The molecule has 11 nitrogen and oxygen atoms in total. The average molecular weight is 506 g/mol. The number of nitro benzene ring substituents is 1. The molecule has 11 heteroatoms. The van der Waals surface area contributed by atoms with Gasteiger partial charge in [-0.3, -0.25) is 10.1 Å². The summed E-state index contributed by atoms with van der Waals surface area (Å²) in [5, 5.41) is 16.0. The molecule has 1 N–H and O–H groups in total. The Labute approximate surface area is 215 Å². The summed E-state index contributed by atoms with van der Waals surface area (Å²) in [6, 6.07) is 10.9. The summed E-state index contributed by atoms with van der Waals surface area (Å²) >= 11 is 0. The molecule has 4 aromatic rings. The van der Waals surface area contributed by atoms with Crippen LogP contribution in [0.15, 0.2) is 48.8 Å². The summed E-state index contributed by atoms with van der Waals surface area (Å²) in [6.45, 7) is 3.29. The molecular formula is C26H31N7O4. The molecule has 2 heterocycles. The van der Waals surface area contributed by atoms with Crippen molar-refractivity contribution in [3.05, 3.63) is 64.5 Å². The van der Waals surface area contributed by atoms with Gasteiger partial charge in [0, 0.05) is 55.6 Å². The van der Waals surface area contributed by atoms with Crippen LogP contribution in [0, 0.1) is 17.0 Å². The first-order valence-electron chi connectivity index (χ1n) is 11.7. The van der Waals surface area contributed by atoms with Gasteiger partial charge in [-0.1, -0.05) is 6.07 Å². The van der Waals surface area contributed by atoms with Crippen LogP contribution in [-0.4, -0.2) is 72.8 Å². The second kappa shape index (κ2) is 10.7. The van der Waals surface area contributed by atoms with Gasteiger partial charge >= 0.3 is 0 Å². The quantitative estimate of drug-likeness (QED) is 0.248. The lowest BCUT2D eigenvalue weighted by atomic mass is 10.2. The Morgan fingerprint density at radius 1 is 1.08 bits per heavy atom. The van der Waals surface area contributed by atoms with Crippen molar-refractivity contribution in [3.8, 4) is 17.3 Å². The zero-order chi connectivity index (χ0) is 26.7. The SMILES string of the molecule is COc1cc(N(C)CCN(C)C)c([N+](=O)[O-])cc1Nc1ncc(C)c(-n2ccc3c(OC)cccc32)n1. The van der Waals surface area contributed by atoms with E-state index in [9.17, 15) is 10.1 Å². The van der Waals surface area contributed by atoms with E-state index >= 15 is 0 Å². The predicted molar refractivity (Wildman–Crippen MR) is 145 cm³/mol. The molecule has 0 saturated heterocycles. The fraction of sp³-hybridized carbons (Fsp3) is 0.308. The molecule has 0 spiro atoms. The molecule has 0 amide bonds. The van der Waals surface area contributed by atoms with Crippen LogP contribution in [0.3, 0.4) is 0 Å². The third kappa shape index (κ3) is 5.26. The molecule has 0 atom stereocenters. The molecule has 0 saturated carbocycles. The number of aromatic nitrogens is 3. The van der Waals surface area contributed by atoms with Crippen LogP contribution in [0.1, 0.15) is 5.56 Å². The monoisotopic (exact) mass is 505 g/mol. The van der Waals surface area contributed by atoms with Crippen molar-refractivity contribution >= 4 is 33.9 Å². The number of anilines is 3. The molecule has 4 rings (SSSR count). The standard InChI is InChI=1S/C26H31N7O4/c1-17-16-27-26(29-25(17)32-11-10-18-20(32)8-7-9-23(18)36-5)28-19-14-22(33(34)35)21(15-24(19)37-6)31(4)13-12-30(2)3/h7-11,14-16H,12-13H2,1-6H3,(H,27,28,29). The number of nitrogens with zero attached hydrogens (tertiary/aromatic N) is 6. The minimum absolute atomic E-state index is 0.0413. The van der Waals surface area contributed by atoms with Gasteiger partial charge in [-0.25, -0.2) is 4.98 Å². The van der Waals surface area contributed by atoms with Crippen molar-refractivity contribution in [3.63, 3.8) is 0 Å². The summed E-state index contributed by atoms with van der Waals surface area (Å²) < 4.78 is 13.0. The highest BCUT2D eigenvalue weighted by molar-refractivity contribution is 5.88. The third-order valence-electron chi connectivity index (χ3n) is 6.12. The minimum Gasteiger partial charge on any atom is -0.496 e. The third-order valence-corrected chi connectivity index (χ3v) is 6.12. The number of aryl methyl sites for hydroxylation is 1. The molecule has 0 aliphatic rings. The fourth-order valence-electron chi connectivity index (χ4n) is 4.11.